The van der Waals surface area contributed by atoms with Gasteiger partial charge in [0.2, 0.25) is 0 Å². The molecule has 0 unspecified atom stereocenters. The molecule has 1 heterocycles. The first-order valence-corrected chi connectivity index (χ1v) is 9.69. The lowest BCUT2D eigenvalue weighted by atomic mass is 9.67. The maximum absolute atomic E-state index is 11.9. The molecule has 0 spiro atoms. The maximum atomic E-state index is 11.9. The lowest BCUT2D eigenvalue weighted by molar-refractivity contribution is -0.0896. The zero-order valence-electron chi connectivity index (χ0n) is 14.3. The van der Waals surface area contributed by atoms with Crippen molar-refractivity contribution in [3.05, 3.63) is 34.9 Å². The minimum atomic E-state index is -0.729. The molecular weight excluding hydrogens is 306 g/mol. The van der Waals surface area contributed by atoms with Crippen LogP contribution in [0.4, 0.5) is 0 Å². The fourth-order valence-electron chi connectivity index (χ4n) is 4.67. The van der Waals surface area contributed by atoms with Gasteiger partial charge in [-0.3, -0.25) is 0 Å². The third-order valence-corrected chi connectivity index (χ3v) is 6.27. The first kappa shape index (κ1) is 17.3. The summed E-state index contributed by atoms with van der Waals surface area (Å²) in [6.45, 7) is 5.61. The molecule has 1 saturated heterocycles. The molecule has 23 heavy (non-hydrogen) atoms. The van der Waals surface area contributed by atoms with Gasteiger partial charge in [-0.2, -0.15) is 0 Å². The van der Waals surface area contributed by atoms with Crippen molar-refractivity contribution in [2.75, 3.05) is 19.6 Å². The van der Waals surface area contributed by atoms with Gasteiger partial charge in [0.25, 0.3) is 0 Å². The second-order valence-electron chi connectivity index (χ2n) is 7.58. The highest BCUT2D eigenvalue weighted by molar-refractivity contribution is 6.30. The van der Waals surface area contributed by atoms with Crippen LogP contribution in [-0.2, 0) is 5.60 Å². The Balaban J connectivity index is 1.86. The topological polar surface area (TPSA) is 23.5 Å². The van der Waals surface area contributed by atoms with Gasteiger partial charge in [0.1, 0.15) is 0 Å². The molecule has 2 nitrogen and oxygen atoms in total. The smallest absolute Gasteiger partial charge is 0.0962 e. The molecule has 0 bridgehead atoms. The van der Waals surface area contributed by atoms with Crippen molar-refractivity contribution in [2.24, 2.45) is 11.8 Å². The quantitative estimate of drug-likeness (QED) is 0.832. The van der Waals surface area contributed by atoms with Crippen LogP contribution in [0.5, 0.6) is 0 Å². The van der Waals surface area contributed by atoms with E-state index in [-0.39, 0.29) is 5.92 Å². The van der Waals surface area contributed by atoms with E-state index in [2.05, 4.69) is 11.8 Å². The molecule has 2 fully saturated rings. The van der Waals surface area contributed by atoms with Gasteiger partial charge in [0.05, 0.1) is 5.60 Å². The summed E-state index contributed by atoms with van der Waals surface area (Å²) in [4.78, 5) is 2.52. The maximum Gasteiger partial charge on any atom is 0.0962 e. The van der Waals surface area contributed by atoms with Crippen LogP contribution in [0.1, 0.15) is 57.4 Å². The predicted octanol–water partition coefficient (Wildman–Crippen LogP) is 4.84. The van der Waals surface area contributed by atoms with E-state index in [9.17, 15) is 5.11 Å². The molecular formula is C20H30ClNO. The number of aliphatic hydroxyl groups is 1. The van der Waals surface area contributed by atoms with E-state index >= 15 is 0 Å². The van der Waals surface area contributed by atoms with Crippen LogP contribution in [0.25, 0.3) is 0 Å². The number of hydrogen-bond acceptors (Lipinski definition) is 2. The SMILES string of the molecule is C[C@@H](CN1CCCC1)[C@](O)(c1ccc(Cl)cc1)C1CCCCC1. The van der Waals surface area contributed by atoms with Crippen LogP contribution in [0.2, 0.25) is 5.02 Å². The molecule has 0 amide bonds. The largest absolute Gasteiger partial charge is 0.385 e. The molecule has 1 aromatic carbocycles. The molecule has 128 valence electrons. The van der Waals surface area contributed by atoms with Gasteiger partial charge in [0.15, 0.2) is 0 Å². The van der Waals surface area contributed by atoms with Gasteiger partial charge in [-0.15, -0.1) is 0 Å². The van der Waals surface area contributed by atoms with Crippen LogP contribution in [-0.4, -0.2) is 29.6 Å². The van der Waals surface area contributed by atoms with Gasteiger partial charge in [-0.05, 0) is 62.4 Å². The number of nitrogens with zero attached hydrogens (tertiary/aromatic N) is 1. The van der Waals surface area contributed by atoms with Gasteiger partial charge in [-0.1, -0.05) is 49.9 Å². The van der Waals surface area contributed by atoms with Crippen molar-refractivity contribution in [3.8, 4) is 0 Å². The van der Waals surface area contributed by atoms with E-state index in [0.717, 1.165) is 30.0 Å². The molecule has 2 atom stereocenters. The summed E-state index contributed by atoms with van der Waals surface area (Å²) >= 11 is 6.07. The lowest BCUT2D eigenvalue weighted by Gasteiger charge is -2.44. The zero-order chi connectivity index (χ0) is 16.3. The Morgan fingerprint density at radius 2 is 1.70 bits per heavy atom. The molecule has 1 aliphatic heterocycles. The molecule has 3 heteroatoms. The normalized spacial score (nSPS) is 24.5. The van der Waals surface area contributed by atoms with E-state index in [0.29, 0.717) is 5.92 Å². The highest BCUT2D eigenvalue weighted by Crippen LogP contribution is 2.44. The average Bonchev–Trinajstić information content (AvgIpc) is 3.08. The first-order chi connectivity index (χ1) is 11.1. The third-order valence-electron chi connectivity index (χ3n) is 6.02. The Labute approximate surface area is 145 Å². The van der Waals surface area contributed by atoms with Crippen molar-refractivity contribution >= 4 is 11.6 Å². The van der Waals surface area contributed by atoms with E-state index in [1.165, 1.54) is 45.2 Å². The summed E-state index contributed by atoms with van der Waals surface area (Å²) in [6, 6.07) is 7.93. The van der Waals surface area contributed by atoms with E-state index in [1.807, 2.05) is 24.3 Å². The molecule has 2 aliphatic rings. The standard InChI is InChI=1S/C20H30ClNO/c1-16(15-22-13-5-6-14-22)20(23,17-7-3-2-4-8-17)18-9-11-19(21)12-10-18/h9-12,16-17,23H,2-8,13-15H2,1H3/t16-,20+/m0/s1. The third kappa shape index (κ3) is 3.75. The van der Waals surface area contributed by atoms with Gasteiger partial charge >= 0.3 is 0 Å². The fourth-order valence-corrected chi connectivity index (χ4v) is 4.80. The molecule has 1 aromatic rings. The minimum absolute atomic E-state index is 0.241. The molecule has 0 radical (unpaired) electrons. The Hall–Kier alpha value is -0.570. The molecule has 1 N–H and O–H groups in total. The van der Waals surface area contributed by atoms with Gasteiger partial charge in [-0.25, -0.2) is 0 Å². The van der Waals surface area contributed by atoms with E-state index in [4.69, 9.17) is 11.6 Å². The number of likely N-dealkylation sites (tertiary alicyclic amines) is 1. The second-order valence-corrected chi connectivity index (χ2v) is 8.01. The highest BCUT2D eigenvalue weighted by Gasteiger charge is 2.43. The Morgan fingerprint density at radius 1 is 1.09 bits per heavy atom. The molecule has 1 saturated carbocycles. The summed E-state index contributed by atoms with van der Waals surface area (Å²) < 4.78 is 0. The highest BCUT2D eigenvalue weighted by atomic mass is 35.5. The average molecular weight is 336 g/mol. The van der Waals surface area contributed by atoms with Crippen LogP contribution in [0, 0.1) is 11.8 Å². The summed E-state index contributed by atoms with van der Waals surface area (Å²) in [7, 11) is 0. The van der Waals surface area contributed by atoms with Crippen molar-refractivity contribution < 1.29 is 5.11 Å². The lowest BCUT2D eigenvalue weighted by Crippen LogP contribution is -2.46. The Kier molecular flexibility index (Phi) is 5.66. The van der Waals surface area contributed by atoms with Crippen LogP contribution in [0.15, 0.2) is 24.3 Å². The number of rotatable bonds is 5. The van der Waals surface area contributed by atoms with Crippen molar-refractivity contribution in [2.45, 2.75) is 57.5 Å². The monoisotopic (exact) mass is 335 g/mol. The molecule has 0 aromatic heterocycles. The first-order valence-electron chi connectivity index (χ1n) is 9.31. The summed E-state index contributed by atoms with van der Waals surface area (Å²) in [6.07, 6.45) is 8.69. The van der Waals surface area contributed by atoms with E-state index < -0.39 is 5.60 Å². The number of benzene rings is 1. The van der Waals surface area contributed by atoms with Crippen LogP contribution < -0.4 is 0 Å². The summed E-state index contributed by atoms with van der Waals surface area (Å²) in [5, 5.41) is 12.6. The number of halogens is 1. The Morgan fingerprint density at radius 3 is 2.30 bits per heavy atom. The molecule has 1 aliphatic carbocycles. The fraction of sp³-hybridized carbons (Fsp3) is 0.700. The second kappa shape index (κ2) is 7.55. The van der Waals surface area contributed by atoms with Crippen molar-refractivity contribution in [3.63, 3.8) is 0 Å². The van der Waals surface area contributed by atoms with Crippen molar-refractivity contribution in [1.29, 1.82) is 0 Å². The number of hydrogen-bond donors (Lipinski definition) is 1. The molecule has 3 rings (SSSR count). The predicted molar refractivity (Wildman–Crippen MR) is 96.8 cm³/mol. The van der Waals surface area contributed by atoms with Crippen LogP contribution in [0.3, 0.4) is 0 Å². The zero-order valence-corrected chi connectivity index (χ0v) is 15.1. The van der Waals surface area contributed by atoms with Gasteiger partial charge < -0.3 is 10.0 Å². The van der Waals surface area contributed by atoms with Crippen molar-refractivity contribution in [1.82, 2.24) is 4.90 Å². The summed E-state index contributed by atoms with van der Waals surface area (Å²) in [5.74, 6) is 0.611. The van der Waals surface area contributed by atoms with E-state index in [1.54, 1.807) is 0 Å². The van der Waals surface area contributed by atoms with Crippen LogP contribution >= 0.6 is 11.6 Å². The Bertz CT molecular complexity index is 491. The van der Waals surface area contributed by atoms with Gasteiger partial charge in [0, 0.05) is 17.5 Å². The summed E-state index contributed by atoms with van der Waals surface area (Å²) in [5.41, 5.74) is 0.327. The minimum Gasteiger partial charge on any atom is -0.385 e.